The van der Waals surface area contributed by atoms with Crippen molar-refractivity contribution < 1.29 is 19.1 Å². The molecular weight excluding hydrogens is 342 g/mol. The van der Waals surface area contributed by atoms with Gasteiger partial charge < -0.3 is 15.0 Å². The number of carbonyl (C=O) groups is 3. The van der Waals surface area contributed by atoms with Gasteiger partial charge in [0.2, 0.25) is 0 Å². The van der Waals surface area contributed by atoms with E-state index in [0.717, 1.165) is 5.01 Å². The molecule has 8 heteroatoms. The van der Waals surface area contributed by atoms with Crippen LogP contribution in [-0.2, 0) is 9.53 Å². The molecule has 0 bridgehead atoms. The lowest BCUT2D eigenvalue weighted by atomic mass is 10.2. The number of benzene rings is 1. The number of rotatable bonds is 5. The summed E-state index contributed by atoms with van der Waals surface area (Å²) < 4.78 is 5.01. The van der Waals surface area contributed by atoms with Crippen molar-refractivity contribution in [1.29, 1.82) is 0 Å². The summed E-state index contributed by atoms with van der Waals surface area (Å²) in [7, 11) is 3.33. The zero-order valence-corrected chi connectivity index (χ0v) is 15.3. The van der Waals surface area contributed by atoms with E-state index in [-0.39, 0.29) is 5.91 Å². The first kappa shape index (κ1) is 18.6. The summed E-state index contributed by atoms with van der Waals surface area (Å²) in [6.07, 6.45) is 0. The molecule has 2 amide bonds. The van der Waals surface area contributed by atoms with E-state index in [9.17, 15) is 14.4 Å². The van der Waals surface area contributed by atoms with Crippen molar-refractivity contribution in [2.75, 3.05) is 26.0 Å². The number of hydrogen-bond acceptors (Lipinski definition) is 6. The van der Waals surface area contributed by atoms with Gasteiger partial charge in [-0.05, 0) is 38.1 Å². The molecule has 0 spiro atoms. The summed E-state index contributed by atoms with van der Waals surface area (Å²) in [6.45, 7) is 3.12. The lowest BCUT2D eigenvalue weighted by Crippen LogP contribution is -2.22. The Kier molecular flexibility index (Phi) is 5.87. The monoisotopic (exact) mass is 361 g/mol. The molecule has 1 heterocycles. The Morgan fingerprint density at radius 2 is 1.80 bits per heavy atom. The molecule has 25 heavy (non-hydrogen) atoms. The van der Waals surface area contributed by atoms with Gasteiger partial charge in [0, 0.05) is 25.3 Å². The highest BCUT2D eigenvalue weighted by Gasteiger charge is 2.16. The summed E-state index contributed by atoms with van der Waals surface area (Å²) in [6, 6.07) is 6.47. The highest BCUT2D eigenvalue weighted by molar-refractivity contribution is 7.13. The van der Waals surface area contributed by atoms with Crippen LogP contribution in [-0.4, -0.2) is 48.4 Å². The van der Waals surface area contributed by atoms with Crippen LogP contribution in [0.2, 0.25) is 0 Å². The molecule has 0 aliphatic rings. The molecule has 0 atom stereocenters. The van der Waals surface area contributed by atoms with E-state index in [1.165, 1.54) is 16.2 Å². The van der Waals surface area contributed by atoms with E-state index < -0.39 is 18.5 Å². The fourth-order valence-electron chi connectivity index (χ4n) is 2.07. The summed E-state index contributed by atoms with van der Waals surface area (Å²) >= 11 is 1.23. The van der Waals surface area contributed by atoms with Gasteiger partial charge in [0.15, 0.2) is 6.61 Å². The number of esters is 1. The van der Waals surface area contributed by atoms with E-state index >= 15 is 0 Å². The second-order valence-electron chi connectivity index (χ2n) is 5.55. The predicted molar refractivity (Wildman–Crippen MR) is 95.0 cm³/mol. The van der Waals surface area contributed by atoms with Crippen LogP contribution in [0.3, 0.4) is 0 Å². The lowest BCUT2D eigenvalue weighted by Gasteiger charge is -2.11. The highest BCUT2D eigenvalue weighted by atomic mass is 32.1. The van der Waals surface area contributed by atoms with Crippen molar-refractivity contribution in [2.45, 2.75) is 13.8 Å². The smallest absolute Gasteiger partial charge is 0.350 e. The number of nitrogens with zero attached hydrogens (tertiary/aromatic N) is 2. The molecule has 1 N–H and O–H groups in total. The van der Waals surface area contributed by atoms with Crippen LogP contribution in [0.25, 0.3) is 0 Å². The van der Waals surface area contributed by atoms with E-state index in [2.05, 4.69) is 10.3 Å². The van der Waals surface area contributed by atoms with Crippen LogP contribution < -0.4 is 5.32 Å². The third-order valence-corrected chi connectivity index (χ3v) is 4.30. The van der Waals surface area contributed by atoms with E-state index in [0.29, 0.717) is 21.8 Å². The van der Waals surface area contributed by atoms with Crippen LogP contribution in [0.4, 0.5) is 5.69 Å². The lowest BCUT2D eigenvalue weighted by molar-refractivity contribution is -0.119. The maximum Gasteiger partial charge on any atom is 0.350 e. The summed E-state index contributed by atoms with van der Waals surface area (Å²) in [5.74, 6) is -1.15. The quantitative estimate of drug-likeness (QED) is 0.825. The van der Waals surface area contributed by atoms with Gasteiger partial charge in [0.25, 0.3) is 11.8 Å². The van der Waals surface area contributed by atoms with Crippen LogP contribution in [0.1, 0.15) is 30.7 Å². The number of hydrogen-bond donors (Lipinski definition) is 1. The SMILES string of the molecule is Cc1nc(C)c(C(=O)OCC(=O)Nc2ccc(C(=O)N(C)C)cc2)s1. The minimum Gasteiger partial charge on any atom is -0.451 e. The van der Waals surface area contributed by atoms with E-state index in [1.54, 1.807) is 52.2 Å². The second kappa shape index (κ2) is 7.89. The average Bonchev–Trinajstić information content (AvgIpc) is 2.91. The highest BCUT2D eigenvalue weighted by Crippen LogP contribution is 2.18. The standard InChI is InChI=1S/C17H19N3O4S/c1-10-15(25-11(2)18-10)17(23)24-9-14(21)19-13-7-5-12(6-8-13)16(22)20(3)4/h5-8H,9H2,1-4H3,(H,19,21). The molecule has 1 aromatic heterocycles. The fourth-order valence-corrected chi connectivity index (χ4v) is 2.88. The molecule has 0 aliphatic heterocycles. The van der Waals surface area contributed by atoms with Crippen molar-refractivity contribution in [3.63, 3.8) is 0 Å². The van der Waals surface area contributed by atoms with Gasteiger partial charge in [0.1, 0.15) is 4.88 Å². The number of aromatic nitrogens is 1. The van der Waals surface area contributed by atoms with Crippen LogP contribution in [0.5, 0.6) is 0 Å². The maximum atomic E-state index is 11.9. The Bertz CT molecular complexity index is 797. The number of thiazole rings is 1. The number of anilines is 1. The van der Waals surface area contributed by atoms with Crippen molar-refractivity contribution in [1.82, 2.24) is 9.88 Å². The Balaban J connectivity index is 1.89. The van der Waals surface area contributed by atoms with Gasteiger partial charge >= 0.3 is 5.97 Å². The van der Waals surface area contributed by atoms with Gasteiger partial charge in [0.05, 0.1) is 10.7 Å². The molecule has 0 radical (unpaired) electrons. The first-order chi connectivity index (χ1) is 11.8. The van der Waals surface area contributed by atoms with E-state index in [4.69, 9.17) is 4.74 Å². The van der Waals surface area contributed by atoms with Crippen LogP contribution in [0.15, 0.2) is 24.3 Å². The number of nitrogens with one attached hydrogen (secondary N) is 1. The zero-order chi connectivity index (χ0) is 18.6. The minimum absolute atomic E-state index is 0.123. The van der Waals surface area contributed by atoms with E-state index in [1.807, 2.05) is 0 Å². The number of amides is 2. The molecule has 2 aromatic rings. The molecule has 0 saturated carbocycles. The summed E-state index contributed by atoms with van der Waals surface area (Å²) in [5.41, 5.74) is 1.63. The second-order valence-corrected chi connectivity index (χ2v) is 6.75. The van der Waals surface area contributed by atoms with Crippen molar-refractivity contribution in [2.24, 2.45) is 0 Å². The van der Waals surface area contributed by atoms with Gasteiger partial charge in [-0.25, -0.2) is 9.78 Å². The molecule has 0 aliphatic carbocycles. The molecular formula is C17H19N3O4S. The average molecular weight is 361 g/mol. The molecule has 0 fully saturated rings. The van der Waals surface area contributed by atoms with Crippen molar-refractivity contribution in [3.8, 4) is 0 Å². The van der Waals surface area contributed by atoms with Gasteiger partial charge in [-0.3, -0.25) is 9.59 Å². The third kappa shape index (κ3) is 4.87. The van der Waals surface area contributed by atoms with Crippen LogP contribution in [0, 0.1) is 13.8 Å². The van der Waals surface area contributed by atoms with Crippen LogP contribution >= 0.6 is 11.3 Å². The molecule has 0 unspecified atom stereocenters. The largest absolute Gasteiger partial charge is 0.451 e. The third-order valence-electron chi connectivity index (χ3n) is 3.25. The maximum absolute atomic E-state index is 11.9. The summed E-state index contributed by atoms with van der Waals surface area (Å²) in [5, 5.41) is 3.38. The number of aryl methyl sites for hydroxylation is 2. The Morgan fingerprint density at radius 1 is 1.16 bits per heavy atom. The Morgan fingerprint density at radius 3 is 2.32 bits per heavy atom. The first-order valence-corrected chi connectivity index (χ1v) is 8.32. The van der Waals surface area contributed by atoms with Gasteiger partial charge in [-0.1, -0.05) is 0 Å². The molecule has 7 nitrogen and oxygen atoms in total. The first-order valence-electron chi connectivity index (χ1n) is 7.50. The minimum atomic E-state index is -0.565. The number of ether oxygens (including phenoxy) is 1. The Hall–Kier alpha value is -2.74. The van der Waals surface area contributed by atoms with Crippen molar-refractivity contribution >= 4 is 34.8 Å². The molecule has 2 rings (SSSR count). The predicted octanol–water partition coefficient (Wildman–Crippen LogP) is 2.26. The topological polar surface area (TPSA) is 88.6 Å². The zero-order valence-electron chi connectivity index (χ0n) is 14.5. The normalized spacial score (nSPS) is 10.2. The summed E-state index contributed by atoms with van der Waals surface area (Å²) in [4.78, 5) is 41.6. The van der Waals surface area contributed by atoms with Gasteiger partial charge in [-0.15, -0.1) is 11.3 Å². The number of carbonyl (C=O) groups excluding carboxylic acids is 3. The van der Waals surface area contributed by atoms with Crippen molar-refractivity contribution in [3.05, 3.63) is 45.4 Å². The Labute approximate surface area is 149 Å². The van der Waals surface area contributed by atoms with Gasteiger partial charge in [-0.2, -0.15) is 0 Å². The fraction of sp³-hybridized carbons (Fsp3) is 0.294. The molecule has 1 aromatic carbocycles. The molecule has 0 saturated heterocycles. The molecule has 132 valence electrons.